The summed E-state index contributed by atoms with van der Waals surface area (Å²) in [4.78, 5) is 25.0. The Hall–Kier alpha value is -1.95. The Labute approximate surface area is 142 Å². The molecule has 0 saturated carbocycles. The predicted molar refractivity (Wildman–Crippen MR) is 88.5 cm³/mol. The zero-order valence-electron chi connectivity index (χ0n) is 15.1. The zero-order chi connectivity index (χ0) is 18.7. The maximum Gasteiger partial charge on any atom is 0.322 e. The van der Waals surface area contributed by atoms with Crippen molar-refractivity contribution < 1.29 is 23.5 Å². The van der Waals surface area contributed by atoms with Crippen molar-refractivity contribution in [2.45, 2.75) is 58.8 Å². The van der Waals surface area contributed by atoms with E-state index in [9.17, 15) is 14.0 Å². The Kier molecular flexibility index (Phi) is 6.11. The van der Waals surface area contributed by atoms with Gasteiger partial charge in [-0.3, -0.25) is 9.59 Å². The topological polar surface area (TPSA) is 78.6 Å². The molecule has 0 spiro atoms. The van der Waals surface area contributed by atoms with Crippen LogP contribution in [0.4, 0.5) is 4.39 Å². The molecule has 0 saturated heterocycles. The van der Waals surface area contributed by atoms with E-state index in [2.05, 4.69) is 0 Å². The second kappa shape index (κ2) is 7.30. The van der Waals surface area contributed by atoms with Gasteiger partial charge in [-0.05, 0) is 59.2 Å². The van der Waals surface area contributed by atoms with Gasteiger partial charge < -0.3 is 15.2 Å². The largest absolute Gasteiger partial charge is 0.459 e. The minimum atomic E-state index is -1.34. The van der Waals surface area contributed by atoms with Gasteiger partial charge in [0.25, 0.3) is 0 Å². The van der Waals surface area contributed by atoms with Crippen LogP contribution in [0.25, 0.3) is 0 Å². The molecule has 1 atom stereocenters. The van der Waals surface area contributed by atoms with E-state index in [1.807, 2.05) is 0 Å². The molecule has 1 aromatic carbocycles. The average molecular weight is 339 g/mol. The summed E-state index contributed by atoms with van der Waals surface area (Å²) >= 11 is 0. The summed E-state index contributed by atoms with van der Waals surface area (Å²) in [6, 6.07) is 4.30. The highest BCUT2D eigenvalue weighted by atomic mass is 19.1. The number of ether oxygens (including phenoxy) is 2. The summed E-state index contributed by atoms with van der Waals surface area (Å²) in [5, 5.41) is 0. The van der Waals surface area contributed by atoms with E-state index in [0.717, 1.165) is 0 Å². The summed E-state index contributed by atoms with van der Waals surface area (Å²) < 4.78 is 23.7. The first-order valence-electron chi connectivity index (χ1n) is 7.77. The number of carbonyl (C=O) groups is 2. The van der Waals surface area contributed by atoms with Crippen molar-refractivity contribution in [1.29, 1.82) is 0 Å². The van der Waals surface area contributed by atoms with E-state index in [1.54, 1.807) is 41.5 Å². The van der Waals surface area contributed by atoms with Crippen molar-refractivity contribution in [3.63, 3.8) is 0 Å². The van der Waals surface area contributed by atoms with E-state index in [4.69, 9.17) is 15.2 Å². The van der Waals surface area contributed by atoms with Crippen molar-refractivity contribution in [1.82, 2.24) is 0 Å². The van der Waals surface area contributed by atoms with Gasteiger partial charge in [-0.15, -0.1) is 0 Å². The van der Waals surface area contributed by atoms with E-state index in [0.29, 0.717) is 5.56 Å². The van der Waals surface area contributed by atoms with Gasteiger partial charge in [-0.2, -0.15) is 0 Å². The molecule has 1 rings (SSSR count). The molecule has 24 heavy (non-hydrogen) atoms. The van der Waals surface area contributed by atoms with Gasteiger partial charge in [-0.25, -0.2) is 4.39 Å². The molecule has 1 aromatic rings. The molecule has 0 radical (unpaired) electrons. The Morgan fingerprint density at radius 3 is 1.62 bits per heavy atom. The molecule has 0 heterocycles. The minimum absolute atomic E-state index is 0.433. The predicted octanol–water partition coefficient (Wildman–Crippen LogP) is 3.13. The Morgan fingerprint density at radius 2 is 1.29 bits per heavy atom. The summed E-state index contributed by atoms with van der Waals surface area (Å²) in [5.74, 6) is -3.31. The standard InChI is InChI=1S/C18H26FNO4/c1-17(2,3)23-15(21)13(16(22)24-18(4,5)6)14(20)11-7-9-12(19)10-8-11/h7-10,13-14H,20H2,1-6H3/t14-/m1/s1. The Bertz CT molecular complexity index is 557. The zero-order valence-corrected chi connectivity index (χ0v) is 15.1. The van der Waals surface area contributed by atoms with E-state index in [1.165, 1.54) is 24.3 Å². The fraction of sp³-hybridized carbons (Fsp3) is 0.556. The maximum absolute atomic E-state index is 13.1. The molecule has 0 bridgehead atoms. The van der Waals surface area contributed by atoms with Crippen LogP contribution in [-0.2, 0) is 19.1 Å². The molecular formula is C18H26FNO4. The minimum Gasteiger partial charge on any atom is -0.459 e. The molecule has 0 unspecified atom stereocenters. The van der Waals surface area contributed by atoms with Gasteiger partial charge in [0.05, 0.1) is 6.04 Å². The van der Waals surface area contributed by atoms with Crippen LogP contribution in [0.1, 0.15) is 53.1 Å². The number of nitrogens with two attached hydrogens (primary N) is 1. The first-order chi connectivity index (χ1) is 10.8. The Morgan fingerprint density at radius 1 is 0.917 bits per heavy atom. The second-order valence-electron chi connectivity index (χ2n) is 7.62. The third-order valence-corrected chi connectivity index (χ3v) is 2.94. The highest BCUT2D eigenvalue weighted by Crippen LogP contribution is 2.26. The quantitative estimate of drug-likeness (QED) is 0.673. The monoisotopic (exact) mass is 339 g/mol. The van der Waals surface area contributed by atoms with Crippen LogP contribution in [0.15, 0.2) is 24.3 Å². The first-order valence-corrected chi connectivity index (χ1v) is 7.77. The van der Waals surface area contributed by atoms with Crippen LogP contribution in [0.3, 0.4) is 0 Å². The third-order valence-electron chi connectivity index (χ3n) is 2.94. The average Bonchev–Trinajstić information content (AvgIpc) is 2.34. The molecule has 2 N–H and O–H groups in total. The Balaban J connectivity index is 3.14. The van der Waals surface area contributed by atoms with Gasteiger partial charge in [-0.1, -0.05) is 12.1 Å². The van der Waals surface area contributed by atoms with Crippen LogP contribution in [0.5, 0.6) is 0 Å². The highest BCUT2D eigenvalue weighted by molar-refractivity contribution is 5.96. The lowest BCUT2D eigenvalue weighted by Gasteiger charge is -2.29. The number of esters is 2. The lowest BCUT2D eigenvalue weighted by atomic mass is 9.93. The molecule has 5 nitrogen and oxygen atoms in total. The van der Waals surface area contributed by atoms with Gasteiger partial charge in [0, 0.05) is 0 Å². The second-order valence-corrected chi connectivity index (χ2v) is 7.62. The van der Waals surface area contributed by atoms with Crippen LogP contribution in [0.2, 0.25) is 0 Å². The summed E-state index contributed by atoms with van der Waals surface area (Å²) in [6.45, 7) is 10.2. The smallest absolute Gasteiger partial charge is 0.322 e. The lowest BCUT2D eigenvalue weighted by molar-refractivity contribution is -0.175. The molecule has 0 aliphatic heterocycles. The van der Waals surface area contributed by atoms with E-state index < -0.39 is 40.9 Å². The molecule has 0 aliphatic rings. The molecule has 134 valence electrons. The van der Waals surface area contributed by atoms with Gasteiger partial charge in [0.15, 0.2) is 5.92 Å². The lowest BCUT2D eigenvalue weighted by Crippen LogP contribution is -2.42. The summed E-state index contributed by atoms with van der Waals surface area (Å²) in [5.41, 5.74) is 4.99. The number of halogens is 1. The number of carbonyl (C=O) groups excluding carboxylic acids is 2. The summed E-state index contributed by atoms with van der Waals surface area (Å²) in [7, 11) is 0. The van der Waals surface area contributed by atoms with Crippen LogP contribution in [-0.4, -0.2) is 23.1 Å². The van der Waals surface area contributed by atoms with Crippen molar-refractivity contribution in [3.8, 4) is 0 Å². The molecule has 6 heteroatoms. The third kappa shape index (κ3) is 6.28. The molecule has 0 aromatic heterocycles. The van der Waals surface area contributed by atoms with Crippen LogP contribution < -0.4 is 5.73 Å². The highest BCUT2D eigenvalue weighted by Gasteiger charge is 2.40. The fourth-order valence-corrected chi connectivity index (χ4v) is 2.00. The van der Waals surface area contributed by atoms with Gasteiger partial charge in [0.1, 0.15) is 17.0 Å². The molecular weight excluding hydrogens is 313 g/mol. The number of benzene rings is 1. The molecule has 0 amide bonds. The maximum atomic E-state index is 13.1. The molecule has 0 aliphatic carbocycles. The van der Waals surface area contributed by atoms with Crippen molar-refractivity contribution in [3.05, 3.63) is 35.6 Å². The van der Waals surface area contributed by atoms with Gasteiger partial charge in [0.2, 0.25) is 0 Å². The van der Waals surface area contributed by atoms with Crippen LogP contribution >= 0.6 is 0 Å². The fourth-order valence-electron chi connectivity index (χ4n) is 2.00. The number of hydrogen-bond donors (Lipinski definition) is 1. The van der Waals surface area contributed by atoms with Crippen LogP contribution in [0, 0.1) is 11.7 Å². The van der Waals surface area contributed by atoms with E-state index >= 15 is 0 Å². The number of rotatable bonds is 4. The van der Waals surface area contributed by atoms with Crippen molar-refractivity contribution in [2.75, 3.05) is 0 Å². The SMILES string of the molecule is CC(C)(C)OC(=O)C(C(=O)OC(C)(C)C)[C@H](N)c1ccc(F)cc1. The normalized spacial score (nSPS) is 13.5. The summed E-state index contributed by atoms with van der Waals surface area (Å²) in [6.07, 6.45) is 0. The van der Waals surface area contributed by atoms with Crippen molar-refractivity contribution in [2.24, 2.45) is 11.7 Å². The van der Waals surface area contributed by atoms with E-state index in [-0.39, 0.29) is 0 Å². The first kappa shape index (κ1) is 20.1. The number of hydrogen-bond acceptors (Lipinski definition) is 5. The molecule has 0 fully saturated rings. The van der Waals surface area contributed by atoms with Crippen molar-refractivity contribution >= 4 is 11.9 Å². The van der Waals surface area contributed by atoms with Gasteiger partial charge >= 0.3 is 11.9 Å².